The van der Waals surface area contributed by atoms with Gasteiger partial charge in [-0.05, 0) is 56.1 Å². The van der Waals surface area contributed by atoms with Gasteiger partial charge in [0.2, 0.25) is 0 Å². The van der Waals surface area contributed by atoms with Crippen LogP contribution in [0.1, 0.15) is 43.7 Å². The first kappa shape index (κ1) is 21.2. The molecule has 3 rings (SSSR count). The van der Waals surface area contributed by atoms with Gasteiger partial charge in [-0.15, -0.1) is 0 Å². The van der Waals surface area contributed by atoms with Crippen molar-refractivity contribution in [2.24, 2.45) is 0 Å². The molecule has 1 fully saturated rings. The van der Waals surface area contributed by atoms with Crippen LogP contribution in [0, 0.1) is 0 Å². The Kier molecular flexibility index (Phi) is 8.38. The maximum absolute atomic E-state index is 12.3. The van der Waals surface area contributed by atoms with Crippen molar-refractivity contribution in [2.75, 3.05) is 26.3 Å². The summed E-state index contributed by atoms with van der Waals surface area (Å²) in [5.41, 5.74) is 2.46. The average Bonchev–Trinajstić information content (AvgIpc) is 3.01. The van der Waals surface area contributed by atoms with Crippen LogP contribution in [0.25, 0.3) is 0 Å². The molecule has 1 aliphatic heterocycles. The summed E-state index contributed by atoms with van der Waals surface area (Å²) < 4.78 is 11.2. The lowest BCUT2D eigenvalue weighted by Gasteiger charge is -2.21. The van der Waals surface area contributed by atoms with E-state index in [2.05, 4.69) is 28.4 Å². The summed E-state index contributed by atoms with van der Waals surface area (Å²) in [6.45, 7) is 6.23. The van der Waals surface area contributed by atoms with E-state index in [-0.39, 0.29) is 12.5 Å². The molecule has 1 amide bonds. The molecular weight excluding hydrogens is 364 g/mol. The molecule has 1 aliphatic rings. The van der Waals surface area contributed by atoms with Gasteiger partial charge in [-0.2, -0.15) is 0 Å². The average molecular weight is 397 g/mol. The van der Waals surface area contributed by atoms with E-state index in [1.54, 1.807) is 0 Å². The number of ether oxygens (including phenoxy) is 2. The molecule has 0 radical (unpaired) electrons. The van der Waals surface area contributed by atoms with Crippen LogP contribution < -0.4 is 14.8 Å². The first-order valence-corrected chi connectivity index (χ1v) is 10.7. The van der Waals surface area contributed by atoms with Crippen molar-refractivity contribution in [3.05, 3.63) is 59.7 Å². The number of likely N-dealkylation sites (tertiary alicyclic amines) is 1. The zero-order valence-electron chi connectivity index (χ0n) is 17.4. The lowest BCUT2D eigenvalue weighted by Crippen LogP contribution is -2.30. The number of hydrogen-bond acceptors (Lipinski definition) is 4. The topological polar surface area (TPSA) is 50.8 Å². The summed E-state index contributed by atoms with van der Waals surface area (Å²) in [5, 5.41) is 2.99. The minimum Gasteiger partial charge on any atom is -0.490 e. The molecule has 0 aromatic heterocycles. The summed E-state index contributed by atoms with van der Waals surface area (Å²) in [7, 11) is 0. The van der Waals surface area contributed by atoms with E-state index in [4.69, 9.17) is 9.47 Å². The van der Waals surface area contributed by atoms with Crippen LogP contribution in [0.2, 0.25) is 0 Å². The lowest BCUT2D eigenvalue weighted by atomic mass is 10.1. The minimum absolute atomic E-state index is 0.0294. The molecule has 1 heterocycles. The van der Waals surface area contributed by atoms with E-state index >= 15 is 0 Å². The normalized spacial score (nSPS) is 14.8. The van der Waals surface area contributed by atoms with Gasteiger partial charge in [0, 0.05) is 13.1 Å². The molecule has 1 saturated heterocycles. The molecule has 0 unspecified atom stereocenters. The number of carbonyl (C=O) groups excluding carboxylic acids is 1. The zero-order chi connectivity index (χ0) is 20.3. The third kappa shape index (κ3) is 6.79. The summed E-state index contributed by atoms with van der Waals surface area (Å²) in [6, 6.07) is 15.8. The molecule has 29 heavy (non-hydrogen) atoms. The predicted molar refractivity (Wildman–Crippen MR) is 115 cm³/mol. The van der Waals surface area contributed by atoms with Crippen molar-refractivity contribution in [1.82, 2.24) is 10.2 Å². The van der Waals surface area contributed by atoms with E-state index in [1.807, 2.05) is 37.3 Å². The quantitative estimate of drug-likeness (QED) is 0.692. The van der Waals surface area contributed by atoms with Gasteiger partial charge in [-0.25, -0.2) is 0 Å². The van der Waals surface area contributed by atoms with Crippen LogP contribution in [-0.2, 0) is 17.9 Å². The van der Waals surface area contributed by atoms with Gasteiger partial charge in [-0.1, -0.05) is 49.2 Å². The highest BCUT2D eigenvalue weighted by Gasteiger charge is 2.12. The molecule has 0 saturated carbocycles. The minimum atomic E-state index is -0.138. The molecule has 0 aliphatic carbocycles. The van der Waals surface area contributed by atoms with Gasteiger partial charge >= 0.3 is 0 Å². The SMILES string of the molecule is CCOc1ccccc1OCC(=O)NCc1ccccc1CN1CCCCCC1. The van der Waals surface area contributed by atoms with E-state index in [1.165, 1.54) is 36.8 Å². The molecule has 5 heteroatoms. The lowest BCUT2D eigenvalue weighted by molar-refractivity contribution is -0.123. The van der Waals surface area contributed by atoms with Crippen LogP contribution in [0.4, 0.5) is 0 Å². The number of carbonyl (C=O) groups is 1. The monoisotopic (exact) mass is 396 g/mol. The van der Waals surface area contributed by atoms with Crippen LogP contribution in [-0.4, -0.2) is 37.1 Å². The Hall–Kier alpha value is -2.53. The molecule has 0 spiro atoms. The predicted octanol–water partition coefficient (Wildman–Crippen LogP) is 4.16. The molecule has 5 nitrogen and oxygen atoms in total. The molecule has 0 bridgehead atoms. The summed E-state index contributed by atoms with van der Waals surface area (Å²) >= 11 is 0. The number of nitrogens with one attached hydrogen (secondary N) is 1. The van der Waals surface area contributed by atoms with Crippen molar-refractivity contribution in [3.8, 4) is 11.5 Å². The van der Waals surface area contributed by atoms with Gasteiger partial charge in [0.1, 0.15) is 0 Å². The first-order valence-electron chi connectivity index (χ1n) is 10.7. The summed E-state index contributed by atoms with van der Waals surface area (Å²) in [4.78, 5) is 14.8. The van der Waals surface area contributed by atoms with Crippen LogP contribution in [0.15, 0.2) is 48.5 Å². The second-order valence-electron chi connectivity index (χ2n) is 7.40. The second-order valence-corrected chi connectivity index (χ2v) is 7.40. The third-order valence-electron chi connectivity index (χ3n) is 5.19. The van der Waals surface area contributed by atoms with Crippen LogP contribution in [0.3, 0.4) is 0 Å². The number of hydrogen-bond donors (Lipinski definition) is 1. The maximum atomic E-state index is 12.3. The fourth-order valence-corrected chi connectivity index (χ4v) is 3.65. The van der Waals surface area contributed by atoms with Crippen LogP contribution in [0.5, 0.6) is 11.5 Å². The smallest absolute Gasteiger partial charge is 0.258 e. The Morgan fingerprint density at radius 2 is 1.52 bits per heavy atom. The van der Waals surface area contributed by atoms with Crippen molar-refractivity contribution in [2.45, 2.75) is 45.7 Å². The van der Waals surface area contributed by atoms with Gasteiger partial charge in [0.25, 0.3) is 5.91 Å². The van der Waals surface area contributed by atoms with Crippen molar-refractivity contribution < 1.29 is 14.3 Å². The largest absolute Gasteiger partial charge is 0.490 e. The van der Waals surface area contributed by atoms with Gasteiger partial charge in [-0.3, -0.25) is 9.69 Å². The van der Waals surface area contributed by atoms with E-state index < -0.39 is 0 Å². The molecule has 2 aromatic carbocycles. The summed E-state index contributed by atoms with van der Waals surface area (Å²) in [6.07, 6.45) is 5.22. The number of rotatable bonds is 9. The van der Waals surface area contributed by atoms with E-state index in [0.29, 0.717) is 24.7 Å². The van der Waals surface area contributed by atoms with E-state index in [9.17, 15) is 4.79 Å². The second kappa shape index (κ2) is 11.5. The molecular formula is C24H32N2O3. The van der Waals surface area contributed by atoms with Crippen molar-refractivity contribution in [1.29, 1.82) is 0 Å². The van der Waals surface area contributed by atoms with Gasteiger partial charge in [0.05, 0.1) is 6.61 Å². The third-order valence-corrected chi connectivity index (χ3v) is 5.19. The molecule has 156 valence electrons. The van der Waals surface area contributed by atoms with Gasteiger partial charge < -0.3 is 14.8 Å². The zero-order valence-corrected chi connectivity index (χ0v) is 17.4. The van der Waals surface area contributed by atoms with Gasteiger partial charge in [0.15, 0.2) is 18.1 Å². The number of amides is 1. The van der Waals surface area contributed by atoms with Crippen molar-refractivity contribution in [3.63, 3.8) is 0 Å². The Bertz CT molecular complexity index is 770. The fourth-order valence-electron chi connectivity index (χ4n) is 3.65. The standard InChI is InChI=1S/C24H32N2O3/c1-2-28-22-13-7-8-14-23(22)29-19-24(27)25-17-20-11-5-6-12-21(20)18-26-15-9-3-4-10-16-26/h5-8,11-14H,2-4,9-10,15-19H2,1H3,(H,25,27). The first-order chi connectivity index (χ1) is 14.3. The Morgan fingerprint density at radius 1 is 0.897 bits per heavy atom. The van der Waals surface area contributed by atoms with Crippen LogP contribution >= 0.6 is 0 Å². The Morgan fingerprint density at radius 3 is 2.21 bits per heavy atom. The highest BCUT2D eigenvalue weighted by atomic mass is 16.5. The highest BCUT2D eigenvalue weighted by Crippen LogP contribution is 2.26. The Balaban J connectivity index is 1.51. The van der Waals surface area contributed by atoms with E-state index in [0.717, 1.165) is 19.6 Å². The summed E-state index contributed by atoms with van der Waals surface area (Å²) in [5.74, 6) is 1.11. The molecule has 2 aromatic rings. The highest BCUT2D eigenvalue weighted by molar-refractivity contribution is 5.77. The maximum Gasteiger partial charge on any atom is 0.258 e. The number of benzene rings is 2. The Labute approximate surface area is 174 Å². The van der Waals surface area contributed by atoms with Crippen molar-refractivity contribution >= 4 is 5.91 Å². The molecule has 0 atom stereocenters. The number of para-hydroxylation sites is 2. The number of nitrogens with zero attached hydrogens (tertiary/aromatic N) is 1. The molecule has 1 N–H and O–H groups in total. The fraction of sp³-hybridized carbons (Fsp3) is 0.458.